The van der Waals surface area contributed by atoms with Gasteiger partial charge in [0.1, 0.15) is 11.6 Å². The maximum atomic E-state index is 5.79. The summed E-state index contributed by atoms with van der Waals surface area (Å²) in [6.45, 7) is 5.55. The first-order valence-electron chi connectivity index (χ1n) is 13.8. The van der Waals surface area contributed by atoms with E-state index < -0.39 is 0 Å². The Morgan fingerprint density at radius 2 is 1.47 bits per heavy atom. The summed E-state index contributed by atoms with van der Waals surface area (Å²) in [6, 6.07) is 21.6. The van der Waals surface area contributed by atoms with Crippen LogP contribution in [0.1, 0.15) is 48.8 Å². The summed E-state index contributed by atoms with van der Waals surface area (Å²) in [7, 11) is 0. The Kier molecular flexibility index (Phi) is 7.42. The number of hydrogen-bond acceptors (Lipinski definition) is 6. The Labute approximate surface area is 230 Å². The van der Waals surface area contributed by atoms with Crippen molar-refractivity contribution < 1.29 is 4.74 Å². The number of anilines is 3. The summed E-state index contributed by atoms with van der Waals surface area (Å²) in [5, 5.41) is 7.43. The third-order valence-electron chi connectivity index (χ3n) is 8.21. The maximum Gasteiger partial charge on any atom is 0.232 e. The van der Waals surface area contributed by atoms with Crippen LogP contribution in [0, 0.1) is 0 Å². The average Bonchev–Trinajstić information content (AvgIpc) is 3.42. The molecule has 6 rings (SSSR count). The lowest BCUT2D eigenvalue weighted by Crippen LogP contribution is -2.43. The van der Waals surface area contributed by atoms with Crippen LogP contribution in [0.4, 0.5) is 17.6 Å². The van der Waals surface area contributed by atoms with Gasteiger partial charge >= 0.3 is 0 Å². The quantitative estimate of drug-likeness (QED) is 0.433. The van der Waals surface area contributed by atoms with Crippen LogP contribution in [-0.2, 0) is 23.2 Å². The van der Waals surface area contributed by atoms with Gasteiger partial charge < -0.3 is 25.2 Å². The monoisotopic (exact) mass is 528 g/mol. The number of rotatable bonds is 6. The number of nitrogens with one attached hydrogen (secondary N) is 2. The lowest BCUT2D eigenvalue weighted by molar-refractivity contribution is 0.122. The standard InChI is InChI=1S/C30H36N6OS/c38-29(31-22-30(13-7-2-8-14-30)25-11-3-1-4-12-25)34-28-32-26(35-15-17-37-18-16-35)19-27(33-28)36-20-23-9-5-6-10-24(23)21-36/h1,3-6,9-12,19H,2,7-8,13-18,20-22H2,(H2,31,32,33,34,38). The first-order chi connectivity index (χ1) is 18.7. The number of fused-ring (bicyclic) bond motifs is 1. The molecular formula is C30H36N6OS. The molecule has 2 fully saturated rings. The molecule has 1 saturated carbocycles. The number of thiocarbonyl (C=S) groups is 1. The van der Waals surface area contributed by atoms with Gasteiger partial charge in [-0.15, -0.1) is 0 Å². The molecule has 1 aromatic heterocycles. The topological polar surface area (TPSA) is 65.6 Å². The lowest BCUT2D eigenvalue weighted by Gasteiger charge is -2.38. The molecule has 0 spiro atoms. The summed E-state index contributed by atoms with van der Waals surface area (Å²) >= 11 is 5.79. The van der Waals surface area contributed by atoms with Gasteiger partial charge in [0, 0.05) is 44.2 Å². The fourth-order valence-corrected chi connectivity index (χ4v) is 6.24. The van der Waals surface area contributed by atoms with E-state index in [4.69, 9.17) is 26.9 Å². The molecule has 198 valence electrons. The van der Waals surface area contributed by atoms with E-state index >= 15 is 0 Å². The van der Waals surface area contributed by atoms with Crippen molar-refractivity contribution in [2.24, 2.45) is 0 Å². The van der Waals surface area contributed by atoms with Crippen LogP contribution in [0.25, 0.3) is 0 Å². The number of morpholine rings is 1. The van der Waals surface area contributed by atoms with E-state index in [1.165, 1.54) is 48.8 Å². The van der Waals surface area contributed by atoms with Gasteiger partial charge in [0.25, 0.3) is 0 Å². The molecule has 1 aliphatic carbocycles. The normalized spacial score (nSPS) is 18.6. The van der Waals surface area contributed by atoms with E-state index in [2.05, 4.69) is 81.1 Å². The van der Waals surface area contributed by atoms with Gasteiger partial charge in [-0.2, -0.15) is 9.97 Å². The van der Waals surface area contributed by atoms with E-state index in [0.29, 0.717) is 24.3 Å². The number of ether oxygens (including phenoxy) is 1. The maximum absolute atomic E-state index is 5.79. The molecule has 0 bridgehead atoms. The third-order valence-corrected chi connectivity index (χ3v) is 8.45. The molecule has 3 aliphatic rings. The van der Waals surface area contributed by atoms with Gasteiger partial charge in [-0.1, -0.05) is 73.9 Å². The second kappa shape index (κ2) is 11.3. The number of hydrogen-bond donors (Lipinski definition) is 2. The highest BCUT2D eigenvalue weighted by molar-refractivity contribution is 7.80. The Balaban J connectivity index is 1.20. The second-order valence-corrected chi connectivity index (χ2v) is 11.1. The van der Waals surface area contributed by atoms with E-state index in [-0.39, 0.29) is 5.41 Å². The van der Waals surface area contributed by atoms with E-state index in [1.807, 2.05) is 0 Å². The average molecular weight is 529 g/mol. The van der Waals surface area contributed by atoms with E-state index in [1.54, 1.807) is 0 Å². The fourth-order valence-electron chi connectivity index (χ4n) is 6.07. The molecule has 0 radical (unpaired) electrons. The zero-order chi connectivity index (χ0) is 25.8. The highest BCUT2D eigenvalue weighted by Gasteiger charge is 2.34. The van der Waals surface area contributed by atoms with Gasteiger partial charge in [0.15, 0.2) is 5.11 Å². The minimum absolute atomic E-state index is 0.105. The van der Waals surface area contributed by atoms with Crippen molar-refractivity contribution in [3.05, 3.63) is 77.4 Å². The first kappa shape index (κ1) is 25.1. The van der Waals surface area contributed by atoms with Crippen LogP contribution < -0.4 is 20.4 Å². The first-order valence-corrected chi connectivity index (χ1v) is 14.2. The van der Waals surface area contributed by atoms with E-state index in [0.717, 1.165) is 44.4 Å². The summed E-state index contributed by atoms with van der Waals surface area (Å²) < 4.78 is 5.58. The molecule has 3 heterocycles. The van der Waals surface area contributed by atoms with Crippen molar-refractivity contribution in [1.29, 1.82) is 0 Å². The predicted octanol–water partition coefficient (Wildman–Crippen LogP) is 5.02. The van der Waals surface area contributed by atoms with Crippen LogP contribution >= 0.6 is 12.2 Å². The Morgan fingerprint density at radius 3 is 2.16 bits per heavy atom. The molecule has 7 nitrogen and oxygen atoms in total. The molecule has 0 atom stereocenters. The highest BCUT2D eigenvalue weighted by atomic mass is 32.1. The fraction of sp³-hybridized carbons (Fsp3) is 0.433. The van der Waals surface area contributed by atoms with Gasteiger partial charge in [-0.3, -0.25) is 0 Å². The van der Waals surface area contributed by atoms with Crippen molar-refractivity contribution in [3.8, 4) is 0 Å². The molecule has 3 aromatic rings. The van der Waals surface area contributed by atoms with Gasteiger partial charge in [0.05, 0.1) is 13.2 Å². The molecule has 2 N–H and O–H groups in total. The molecule has 2 aliphatic heterocycles. The van der Waals surface area contributed by atoms with Crippen molar-refractivity contribution in [3.63, 3.8) is 0 Å². The summed E-state index contributed by atoms with van der Waals surface area (Å²) in [5.41, 5.74) is 4.21. The van der Waals surface area contributed by atoms with Gasteiger partial charge in [-0.25, -0.2) is 0 Å². The van der Waals surface area contributed by atoms with Gasteiger partial charge in [-0.05, 0) is 41.7 Å². The van der Waals surface area contributed by atoms with Crippen LogP contribution in [-0.4, -0.2) is 47.9 Å². The molecule has 0 unspecified atom stereocenters. The largest absolute Gasteiger partial charge is 0.378 e. The zero-order valence-electron chi connectivity index (χ0n) is 21.9. The summed E-state index contributed by atoms with van der Waals surface area (Å²) in [5.74, 6) is 2.36. The molecule has 1 saturated heterocycles. The number of aromatic nitrogens is 2. The minimum atomic E-state index is 0.105. The predicted molar refractivity (Wildman–Crippen MR) is 157 cm³/mol. The summed E-state index contributed by atoms with van der Waals surface area (Å²) in [4.78, 5) is 14.4. The van der Waals surface area contributed by atoms with Crippen molar-refractivity contribution in [2.75, 3.05) is 48.0 Å². The van der Waals surface area contributed by atoms with Crippen LogP contribution in [0.3, 0.4) is 0 Å². The van der Waals surface area contributed by atoms with Crippen molar-refractivity contribution in [2.45, 2.75) is 50.6 Å². The number of benzene rings is 2. The zero-order valence-corrected chi connectivity index (χ0v) is 22.7. The van der Waals surface area contributed by atoms with Crippen molar-refractivity contribution >= 4 is 34.9 Å². The smallest absolute Gasteiger partial charge is 0.232 e. The second-order valence-electron chi connectivity index (χ2n) is 10.6. The van der Waals surface area contributed by atoms with Crippen LogP contribution in [0.15, 0.2) is 60.7 Å². The molecule has 2 aromatic carbocycles. The Bertz CT molecular complexity index is 1230. The summed E-state index contributed by atoms with van der Waals surface area (Å²) in [6.07, 6.45) is 6.17. The highest BCUT2D eigenvalue weighted by Crippen LogP contribution is 2.39. The number of nitrogens with zero attached hydrogens (tertiary/aromatic N) is 4. The molecule has 0 amide bonds. The Hall–Kier alpha value is -3.23. The minimum Gasteiger partial charge on any atom is -0.378 e. The SMILES string of the molecule is S=C(NCC1(c2ccccc2)CCCCC1)Nc1nc(N2CCOCC2)cc(N2Cc3ccccc3C2)n1. The third kappa shape index (κ3) is 5.47. The van der Waals surface area contributed by atoms with E-state index in [9.17, 15) is 0 Å². The van der Waals surface area contributed by atoms with Crippen LogP contribution in [0.5, 0.6) is 0 Å². The van der Waals surface area contributed by atoms with Crippen molar-refractivity contribution in [1.82, 2.24) is 15.3 Å². The Morgan fingerprint density at radius 1 is 0.842 bits per heavy atom. The van der Waals surface area contributed by atoms with Crippen LogP contribution in [0.2, 0.25) is 0 Å². The van der Waals surface area contributed by atoms with Gasteiger partial charge in [0.2, 0.25) is 5.95 Å². The lowest BCUT2D eigenvalue weighted by atomic mass is 9.69. The molecule has 8 heteroatoms. The molecule has 38 heavy (non-hydrogen) atoms. The molecular weight excluding hydrogens is 492 g/mol.